The van der Waals surface area contributed by atoms with E-state index in [1.807, 2.05) is 0 Å². The second-order valence-corrected chi connectivity index (χ2v) is 5.80. The van der Waals surface area contributed by atoms with Gasteiger partial charge in [0.05, 0.1) is 0 Å². The van der Waals surface area contributed by atoms with Crippen molar-refractivity contribution in [3.05, 3.63) is 35.0 Å². The predicted octanol–water partition coefficient (Wildman–Crippen LogP) is 2.18. The first kappa shape index (κ1) is 14.9. The monoisotopic (exact) mass is 322 g/mol. The molecule has 1 saturated heterocycles. The molecule has 0 saturated carbocycles. The fourth-order valence-electron chi connectivity index (χ4n) is 2.62. The molecule has 1 fully saturated rings. The van der Waals surface area contributed by atoms with Crippen molar-refractivity contribution in [3.63, 3.8) is 0 Å². The molecule has 116 valence electrons. The summed E-state index contributed by atoms with van der Waals surface area (Å²) in [5.74, 6) is -1.49. The zero-order valence-corrected chi connectivity index (χ0v) is 12.4. The number of amides is 1. The maximum atomic E-state index is 12.4. The highest BCUT2D eigenvalue weighted by molar-refractivity contribution is 6.31. The number of H-pyrrole nitrogens is 1. The maximum Gasteiger partial charge on any atom is 0.329 e. The summed E-state index contributed by atoms with van der Waals surface area (Å²) in [7, 11) is 0. The zero-order valence-electron chi connectivity index (χ0n) is 11.7. The van der Waals surface area contributed by atoms with Crippen LogP contribution in [-0.4, -0.2) is 40.7 Å². The normalized spacial score (nSPS) is 17.3. The molecule has 3 N–H and O–H groups in total. The molecule has 6 nitrogen and oxygen atoms in total. The molecule has 1 aliphatic heterocycles. The summed E-state index contributed by atoms with van der Waals surface area (Å²) < 4.78 is 5.19. The van der Waals surface area contributed by atoms with Crippen molar-refractivity contribution in [3.8, 4) is 0 Å². The molecular formula is C15H15ClN2O4. The van der Waals surface area contributed by atoms with E-state index in [1.165, 1.54) is 0 Å². The Hall–Kier alpha value is -2.05. The molecule has 1 aromatic carbocycles. The Bertz CT molecular complexity index is 734. The van der Waals surface area contributed by atoms with Gasteiger partial charge in [-0.1, -0.05) is 17.7 Å². The van der Waals surface area contributed by atoms with Crippen LogP contribution in [0.15, 0.2) is 24.3 Å². The molecule has 1 amide bonds. The standard InChI is InChI=1S/C15H15ClN2O4/c16-10-2-1-9-7-12(17-11(9)8-10)13(19)18-15(14(20)21)3-5-22-6-4-15/h1-2,7-8,17H,3-6H2,(H,18,19)(H,20,21). The lowest BCUT2D eigenvalue weighted by atomic mass is 9.90. The number of nitrogens with one attached hydrogen (secondary N) is 2. The SMILES string of the molecule is O=C(NC1(C(=O)O)CCOCC1)c1cc2ccc(Cl)cc2[nH]1. The Kier molecular flexibility index (Phi) is 3.80. The first-order valence-corrected chi connectivity index (χ1v) is 7.30. The molecule has 7 heteroatoms. The number of carboxylic acid groups (broad SMARTS) is 1. The lowest BCUT2D eigenvalue weighted by Gasteiger charge is -2.33. The topological polar surface area (TPSA) is 91.4 Å². The first-order valence-electron chi connectivity index (χ1n) is 6.92. The van der Waals surface area contributed by atoms with E-state index in [9.17, 15) is 14.7 Å². The van der Waals surface area contributed by atoms with E-state index < -0.39 is 17.4 Å². The second-order valence-electron chi connectivity index (χ2n) is 5.37. The van der Waals surface area contributed by atoms with Crippen molar-refractivity contribution in [2.75, 3.05) is 13.2 Å². The maximum absolute atomic E-state index is 12.4. The highest BCUT2D eigenvalue weighted by Gasteiger charge is 2.41. The van der Waals surface area contributed by atoms with E-state index >= 15 is 0 Å². The molecular weight excluding hydrogens is 308 g/mol. The number of carboxylic acids is 1. The number of aromatic amines is 1. The number of ether oxygens (including phenoxy) is 1. The van der Waals surface area contributed by atoms with E-state index in [0.29, 0.717) is 23.9 Å². The van der Waals surface area contributed by atoms with Gasteiger partial charge in [-0.3, -0.25) is 4.79 Å². The molecule has 0 bridgehead atoms. The van der Waals surface area contributed by atoms with Crippen LogP contribution in [0.25, 0.3) is 10.9 Å². The predicted molar refractivity (Wildman–Crippen MR) is 81.2 cm³/mol. The van der Waals surface area contributed by atoms with Gasteiger partial charge in [0.1, 0.15) is 11.2 Å². The molecule has 2 aromatic rings. The summed E-state index contributed by atoms with van der Waals surface area (Å²) in [6, 6.07) is 6.92. The molecule has 0 unspecified atom stereocenters. The second kappa shape index (κ2) is 5.62. The number of aliphatic carboxylic acids is 1. The number of fused-ring (bicyclic) bond motifs is 1. The van der Waals surface area contributed by atoms with Gasteiger partial charge in [0.2, 0.25) is 0 Å². The van der Waals surface area contributed by atoms with Crippen molar-refractivity contribution in [1.82, 2.24) is 10.3 Å². The zero-order chi connectivity index (χ0) is 15.7. The van der Waals surface area contributed by atoms with Crippen LogP contribution in [0.1, 0.15) is 23.3 Å². The fourth-order valence-corrected chi connectivity index (χ4v) is 2.79. The summed E-state index contributed by atoms with van der Waals surface area (Å²) in [5, 5.41) is 13.5. The van der Waals surface area contributed by atoms with E-state index in [-0.39, 0.29) is 12.8 Å². The summed E-state index contributed by atoms with van der Waals surface area (Å²) in [6.07, 6.45) is 0.500. The van der Waals surface area contributed by atoms with E-state index in [4.69, 9.17) is 16.3 Å². The fraction of sp³-hybridized carbons (Fsp3) is 0.333. The highest BCUT2D eigenvalue weighted by atomic mass is 35.5. The average Bonchev–Trinajstić information content (AvgIpc) is 2.91. The Labute approximate surface area is 131 Å². The Morgan fingerprint density at radius 3 is 2.68 bits per heavy atom. The summed E-state index contributed by atoms with van der Waals surface area (Å²) >= 11 is 5.91. The van der Waals surface area contributed by atoms with Crippen LogP contribution < -0.4 is 5.32 Å². The van der Waals surface area contributed by atoms with E-state index in [1.54, 1.807) is 24.3 Å². The van der Waals surface area contributed by atoms with Crippen LogP contribution >= 0.6 is 11.6 Å². The van der Waals surface area contributed by atoms with Crippen molar-refractivity contribution < 1.29 is 19.4 Å². The van der Waals surface area contributed by atoms with Crippen LogP contribution in [-0.2, 0) is 9.53 Å². The molecule has 0 atom stereocenters. The summed E-state index contributed by atoms with van der Waals surface area (Å²) in [6.45, 7) is 0.629. The smallest absolute Gasteiger partial charge is 0.329 e. The average molecular weight is 323 g/mol. The molecule has 1 aromatic heterocycles. The number of rotatable bonds is 3. The van der Waals surface area contributed by atoms with E-state index in [0.717, 1.165) is 10.9 Å². The van der Waals surface area contributed by atoms with Crippen molar-refractivity contribution in [1.29, 1.82) is 0 Å². The summed E-state index contributed by atoms with van der Waals surface area (Å²) in [4.78, 5) is 26.9. The van der Waals surface area contributed by atoms with Crippen molar-refractivity contribution in [2.24, 2.45) is 0 Å². The molecule has 0 radical (unpaired) electrons. The van der Waals surface area contributed by atoms with Gasteiger partial charge in [-0.25, -0.2) is 4.79 Å². The molecule has 22 heavy (non-hydrogen) atoms. The van der Waals surface area contributed by atoms with Gasteiger partial charge in [-0.05, 0) is 18.2 Å². The Morgan fingerprint density at radius 1 is 1.27 bits per heavy atom. The largest absolute Gasteiger partial charge is 0.480 e. The Balaban J connectivity index is 1.86. The molecule has 0 aliphatic carbocycles. The van der Waals surface area contributed by atoms with Crippen LogP contribution in [0.3, 0.4) is 0 Å². The van der Waals surface area contributed by atoms with Crippen LogP contribution in [0, 0.1) is 0 Å². The third kappa shape index (κ3) is 2.67. The lowest BCUT2D eigenvalue weighted by Crippen LogP contribution is -2.57. The number of hydrogen-bond acceptors (Lipinski definition) is 3. The van der Waals surface area contributed by atoms with Crippen LogP contribution in [0.4, 0.5) is 0 Å². The number of aromatic nitrogens is 1. The molecule has 1 aliphatic rings. The third-order valence-corrected chi connectivity index (χ3v) is 4.17. The number of carbonyl (C=O) groups excluding carboxylic acids is 1. The van der Waals surface area contributed by atoms with Crippen LogP contribution in [0.2, 0.25) is 5.02 Å². The van der Waals surface area contributed by atoms with Gasteiger partial charge in [0.25, 0.3) is 5.91 Å². The van der Waals surface area contributed by atoms with Crippen molar-refractivity contribution >= 4 is 34.4 Å². The number of carbonyl (C=O) groups is 2. The molecule has 2 heterocycles. The van der Waals surface area contributed by atoms with Gasteiger partial charge in [-0.2, -0.15) is 0 Å². The number of benzene rings is 1. The highest BCUT2D eigenvalue weighted by Crippen LogP contribution is 2.23. The van der Waals surface area contributed by atoms with Gasteiger partial charge in [0, 0.05) is 42.0 Å². The number of halogens is 1. The van der Waals surface area contributed by atoms with E-state index in [2.05, 4.69) is 10.3 Å². The van der Waals surface area contributed by atoms with Crippen LogP contribution in [0.5, 0.6) is 0 Å². The quantitative estimate of drug-likeness (QED) is 0.807. The van der Waals surface area contributed by atoms with Gasteiger partial charge < -0.3 is 20.1 Å². The van der Waals surface area contributed by atoms with Gasteiger partial charge in [0.15, 0.2) is 0 Å². The summed E-state index contributed by atoms with van der Waals surface area (Å²) in [5.41, 5.74) is -0.233. The van der Waals surface area contributed by atoms with Crippen molar-refractivity contribution in [2.45, 2.75) is 18.4 Å². The lowest BCUT2D eigenvalue weighted by molar-refractivity contribution is -0.148. The minimum atomic E-state index is -1.27. The molecule has 3 rings (SSSR count). The molecule has 0 spiro atoms. The third-order valence-electron chi connectivity index (χ3n) is 3.94. The minimum Gasteiger partial charge on any atom is -0.480 e. The number of hydrogen-bond donors (Lipinski definition) is 3. The minimum absolute atomic E-state index is 0.250. The van der Waals surface area contributed by atoms with Gasteiger partial charge >= 0.3 is 5.97 Å². The van der Waals surface area contributed by atoms with Gasteiger partial charge in [-0.15, -0.1) is 0 Å². The first-order chi connectivity index (χ1) is 10.5. The Morgan fingerprint density at radius 2 is 2.00 bits per heavy atom.